The molecule has 0 amide bonds. The maximum atomic E-state index is 5.73. The molecule has 0 N–H and O–H groups in total. The third-order valence-electron chi connectivity index (χ3n) is 2.68. The van der Waals surface area contributed by atoms with Gasteiger partial charge in [-0.3, -0.25) is 0 Å². The number of hydrogen-bond acceptors (Lipinski definition) is 2. The van der Waals surface area contributed by atoms with Gasteiger partial charge in [-0.2, -0.15) is 0 Å². The molecular formula is C13H19BrN2OS. The van der Waals surface area contributed by atoms with E-state index in [0.29, 0.717) is 6.73 Å². The van der Waals surface area contributed by atoms with Crippen molar-refractivity contribution < 1.29 is 4.74 Å². The quantitative estimate of drug-likeness (QED) is 0.785. The molecule has 0 aliphatic rings. The van der Waals surface area contributed by atoms with Gasteiger partial charge in [0.05, 0.1) is 6.61 Å². The summed E-state index contributed by atoms with van der Waals surface area (Å²) in [5.74, 6) is 1.14. The maximum absolute atomic E-state index is 5.73. The molecule has 5 heteroatoms. The average molecular weight is 331 g/mol. The molecule has 0 aliphatic carbocycles. The Morgan fingerprint density at radius 3 is 2.83 bits per heavy atom. The van der Waals surface area contributed by atoms with E-state index >= 15 is 0 Å². The highest BCUT2D eigenvalue weighted by Gasteiger charge is 2.06. The second-order valence-electron chi connectivity index (χ2n) is 5.15. The highest BCUT2D eigenvalue weighted by atomic mass is 79.9. The minimum atomic E-state index is -0.472. The second-order valence-corrected chi connectivity index (χ2v) is 10.6. The highest BCUT2D eigenvalue weighted by Crippen LogP contribution is 2.33. The zero-order valence-electron chi connectivity index (χ0n) is 11.0. The maximum Gasteiger partial charge on any atom is 0.142 e. The lowest BCUT2D eigenvalue weighted by atomic mass is 10.3. The molecule has 18 heavy (non-hydrogen) atoms. The summed E-state index contributed by atoms with van der Waals surface area (Å²) in [4.78, 5) is 4.39. The van der Waals surface area contributed by atoms with E-state index in [2.05, 4.69) is 45.7 Å². The van der Waals surface area contributed by atoms with Crippen LogP contribution >= 0.6 is 26.0 Å². The largest absolute Gasteiger partial charge is 0.360 e. The molecule has 0 unspecified atom stereocenters. The standard InChI is InChI=1S/C13H19BrN2OS/c1-18(2,3)9-8-17-10-16-7-5-11-12(14)4-6-15-13(11)16/h4-7H,8-10H2,1-3H3. The van der Waals surface area contributed by atoms with Crippen molar-refractivity contribution in [2.75, 3.05) is 31.1 Å². The Morgan fingerprint density at radius 2 is 2.11 bits per heavy atom. The van der Waals surface area contributed by atoms with Gasteiger partial charge in [0.15, 0.2) is 0 Å². The van der Waals surface area contributed by atoms with E-state index in [1.54, 1.807) is 0 Å². The Morgan fingerprint density at radius 1 is 1.33 bits per heavy atom. The summed E-state index contributed by atoms with van der Waals surface area (Å²) in [7, 11) is -0.472. The number of rotatable bonds is 5. The van der Waals surface area contributed by atoms with Gasteiger partial charge in [0.1, 0.15) is 12.4 Å². The van der Waals surface area contributed by atoms with E-state index in [0.717, 1.165) is 27.9 Å². The van der Waals surface area contributed by atoms with Crippen molar-refractivity contribution in [3.8, 4) is 0 Å². The zero-order chi connectivity index (χ0) is 13.2. The Bertz CT molecular complexity index is 533. The highest BCUT2D eigenvalue weighted by molar-refractivity contribution is 9.10. The van der Waals surface area contributed by atoms with Crippen LogP contribution < -0.4 is 0 Å². The van der Waals surface area contributed by atoms with Crippen LogP contribution in [0.15, 0.2) is 29.0 Å². The summed E-state index contributed by atoms with van der Waals surface area (Å²) in [6.07, 6.45) is 10.7. The molecular weight excluding hydrogens is 312 g/mol. The lowest BCUT2D eigenvalue weighted by Crippen LogP contribution is -2.09. The first-order valence-electron chi connectivity index (χ1n) is 5.80. The van der Waals surface area contributed by atoms with Crippen LogP contribution in [-0.4, -0.2) is 40.7 Å². The summed E-state index contributed by atoms with van der Waals surface area (Å²) in [5, 5.41) is 1.13. The van der Waals surface area contributed by atoms with Crippen molar-refractivity contribution in [1.29, 1.82) is 0 Å². The van der Waals surface area contributed by atoms with Crippen LogP contribution in [0.3, 0.4) is 0 Å². The molecule has 100 valence electrons. The van der Waals surface area contributed by atoms with Gasteiger partial charge in [-0.15, -0.1) is 0 Å². The molecule has 2 heterocycles. The molecule has 2 aromatic rings. The van der Waals surface area contributed by atoms with Gasteiger partial charge in [0.2, 0.25) is 0 Å². The van der Waals surface area contributed by atoms with Crippen molar-refractivity contribution in [1.82, 2.24) is 9.55 Å². The normalized spacial score (nSPS) is 13.1. The van der Waals surface area contributed by atoms with Crippen molar-refractivity contribution in [3.63, 3.8) is 0 Å². The summed E-state index contributed by atoms with van der Waals surface area (Å²) in [6.45, 7) is 1.38. The van der Waals surface area contributed by atoms with Gasteiger partial charge in [0.25, 0.3) is 0 Å². The molecule has 2 rings (SSSR count). The van der Waals surface area contributed by atoms with Crippen molar-refractivity contribution >= 4 is 37.0 Å². The van der Waals surface area contributed by atoms with Crippen LogP contribution in [0, 0.1) is 0 Å². The number of ether oxygens (including phenoxy) is 1. The van der Waals surface area contributed by atoms with Crippen LogP contribution in [0.4, 0.5) is 0 Å². The smallest absolute Gasteiger partial charge is 0.142 e. The molecule has 0 aromatic carbocycles. The second kappa shape index (κ2) is 5.63. The lowest BCUT2D eigenvalue weighted by Gasteiger charge is -2.24. The Balaban J connectivity index is 1.98. The molecule has 0 atom stereocenters. The van der Waals surface area contributed by atoms with Crippen molar-refractivity contribution in [2.24, 2.45) is 0 Å². The van der Waals surface area contributed by atoms with Crippen molar-refractivity contribution in [3.05, 3.63) is 29.0 Å². The van der Waals surface area contributed by atoms with E-state index in [-0.39, 0.29) is 0 Å². The van der Waals surface area contributed by atoms with E-state index in [9.17, 15) is 0 Å². The fraction of sp³-hybridized carbons (Fsp3) is 0.462. The monoisotopic (exact) mass is 330 g/mol. The number of fused-ring (bicyclic) bond motifs is 1. The number of hydrogen-bond donors (Lipinski definition) is 0. The number of pyridine rings is 1. The summed E-state index contributed by atoms with van der Waals surface area (Å²) >= 11 is 3.53. The Labute approximate surface area is 118 Å². The van der Waals surface area contributed by atoms with Gasteiger partial charge in [-0.05, 0) is 46.8 Å². The van der Waals surface area contributed by atoms with Gasteiger partial charge >= 0.3 is 0 Å². The molecule has 3 nitrogen and oxygen atoms in total. The van der Waals surface area contributed by atoms with E-state index < -0.39 is 10.0 Å². The van der Waals surface area contributed by atoms with Gasteiger partial charge in [-0.1, -0.05) is 0 Å². The molecule has 0 bridgehead atoms. The third-order valence-corrected chi connectivity index (χ3v) is 4.76. The summed E-state index contributed by atoms with van der Waals surface area (Å²) in [5.41, 5.74) is 0.965. The van der Waals surface area contributed by atoms with Gasteiger partial charge in [-0.25, -0.2) is 15.0 Å². The first kappa shape index (κ1) is 13.9. The van der Waals surface area contributed by atoms with Gasteiger partial charge < -0.3 is 9.30 Å². The predicted octanol–water partition coefficient (Wildman–Crippen LogP) is 3.47. The third kappa shape index (κ3) is 3.49. The lowest BCUT2D eigenvalue weighted by molar-refractivity contribution is 0.0924. The minimum Gasteiger partial charge on any atom is -0.360 e. The number of nitrogens with zero attached hydrogens (tertiary/aromatic N) is 2. The van der Waals surface area contributed by atoms with E-state index in [1.165, 1.54) is 0 Å². The number of halogens is 1. The molecule has 2 aromatic heterocycles. The fourth-order valence-corrected chi connectivity index (χ4v) is 2.68. The summed E-state index contributed by atoms with van der Waals surface area (Å²) < 4.78 is 8.84. The van der Waals surface area contributed by atoms with Crippen LogP contribution in [0.5, 0.6) is 0 Å². The summed E-state index contributed by atoms with van der Waals surface area (Å²) in [6, 6.07) is 4.02. The molecule has 0 aliphatic heterocycles. The first-order chi connectivity index (χ1) is 8.47. The van der Waals surface area contributed by atoms with Crippen LogP contribution in [0.1, 0.15) is 0 Å². The SMILES string of the molecule is CS(C)(C)CCOCn1ccc2c(Br)ccnc21. The Hall–Kier alpha value is -0.520. The molecule has 0 saturated carbocycles. The predicted molar refractivity (Wildman–Crippen MR) is 83.6 cm³/mol. The number of aromatic nitrogens is 2. The molecule has 0 fully saturated rings. The fourth-order valence-electron chi connectivity index (χ4n) is 1.63. The first-order valence-corrected chi connectivity index (χ1v) is 9.62. The molecule has 0 saturated heterocycles. The van der Waals surface area contributed by atoms with Crippen molar-refractivity contribution in [2.45, 2.75) is 6.73 Å². The van der Waals surface area contributed by atoms with Crippen LogP contribution in [0.2, 0.25) is 0 Å². The average Bonchev–Trinajstić information content (AvgIpc) is 2.68. The van der Waals surface area contributed by atoms with E-state index in [4.69, 9.17) is 4.74 Å². The molecule has 0 radical (unpaired) electrons. The zero-order valence-corrected chi connectivity index (χ0v) is 13.4. The molecule has 0 spiro atoms. The van der Waals surface area contributed by atoms with E-state index in [1.807, 2.05) is 23.0 Å². The van der Waals surface area contributed by atoms with Crippen LogP contribution in [0.25, 0.3) is 11.0 Å². The topological polar surface area (TPSA) is 27.1 Å². The van der Waals surface area contributed by atoms with Gasteiger partial charge in [0, 0.05) is 28.0 Å². The minimum absolute atomic E-state index is 0.472. The van der Waals surface area contributed by atoms with Crippen LogP contribution in [-0.2, 0) is 11.5 Å². The Kier molecular flexibility index (Phi) is 4.35.